The largest absolute Gasteiger partial charge is 0.394 e. The molecule has 2 aromatic heterocycles. The fourth-order valence-electron chi connectivity index (χ4n) is 3.08. The zero-order chi connectivity index (χ0) is 20.5. The van der Waals surface area contributed by atoms with E-state index in [1.807, 2.05) is 5.38 Å². The van der Waals surface area contributed by atoms with Gasteiger partial charge in [-0.15, -0.1) is 16.4 Å². The van der Waals surface area contributed by atoms with Gasteiger partial charge in [-0.05, 0) is 18.2 Å². The fourth-order valence-corrected chi connectivity index (χ4v) is 5.48. The summed E-state index contributed by atoms with van der Waals surface area (Å²) >= 11 is 14.7. The Morgan fingerprint density at radius 3 is 2.59 bits per heavy atom. The normalized spacial score (nSPS) is 27.3. The molecule has 0 bridgehead atoms. The van der Waals surface area contributed by atoms with E-state index in [-0.39, 0.29) is 0 Å². The molecule has 12 heteroatoms. The Balaban J connectivity index is 1.62. The summed E-state index contributed by atoms with van der Waals surface area (Å²) in [6, 6.07) is 4.11. The summed E-state index contributed by atoms with van der Waals surface area (Å²) in [5.41, 5.74) is -0.278. The zero-order valence-corrected chi connectivity index (χ0v) is 17.8. The average Bonchev–Trinajstić information content (AvgIpc) is 3.35. The maximum Gasteiger partial charge on any atom is 0.145 e. The highest BCUT2D eigenvalue weighted by atomic mass is 35.5. The van der Waals surface area contributed by atoms with Crippen LogP contribution >= 0.6 is 46.3 Å². The van der Waals surface area contributed by atoms with Crippen LogP contribution in [0.2, 0.25) is 10.0 Å². The van der Waals surface area contributed by atoms with E-state index < -0.39 is 36.4 Å². The van der Waals surface area contributed by atoms with Crippen LogP contribution < -0.4 is 0 Å². The first-order valence-electron chi connectivity index (χ1n) is 8.53. The molecule has 3 N–H and O–H groups in total. The number of hydrogen-bond donors (Lipinski definition) is 3. The van der Waals surface area contributed by atoms with Gasteiger partial charge in [-0.2, -0.15) is 0 Å². The Morgan fingerprint density at radius 2 is 1.93 bits per heavy atom. The van der Waals surface area contributed by atoms with Gasteiger partial charge in [-0.1, -0.05) is 40.2 Å². The van der Waals surface area contributed by atoms with Crippen LogP contribution in [-0.2, 0) is 4.74 Å². The Kier molecular flexibility index (Phi) is 6.42. The minimum Gasteiger partial charge on any atom is -0.394 e. The third kappa shape index (κ3) is 4.44. The SMILES string of the molecule is OCC1OC(Sc2cc(Cl)cc(Cl)c2)[C@@H](O)C(n2cc(-c3nccs3)nn2)C1O. The molecule has 1 aromatic carbocycles. The number of aromatic nitrogens is 4. The monoisotopic (exact) mass is 474 g/mol. The average molecular weight is 475 g/mol. The van der Waals surface area contributed by atoms with Crippen molar-refractivity contribution < 1.29 is 20.1 Å². The molecule has 0 saturated carbocycles. The van der Waals surface area contributed by atoms with E-state index in [1.54, 1.807) is 30.6 Å². The van der Waals surface area contributed by atoms with E-state index in [0.29, 0.717) is 25.6 Å². The molecule has 0 amide bonds. The second-order valence-corrected chi connectivity index (χ2v) is 9.28. The van der Waals surface area contributed by atoms with Crippen LogP contribution in [-0.4, -0.2) is 65.7 Å². The van der Waals surface area contributed by atoms with Gasteiger partial charge in [0.15, 0.2) is 0 Å². The van der Waals surface area contributed by atoms with Gasteiger partial charge < -0.3 is 20.1 Å². The van der Waals surface area contributed by atoms with Crippen molar-refractivity contribution in [3.8, 4) is 10.7 Å². The van der Waals surface area contributed by atoms with Gasteiger partial charge in [0.05, 0.1) is 12.8 Å². The highest BCUT2D eigenvalue weighted by molar-refractivity contribution is 7.99. The van der Waals surface area contributed by atoms with Crippen molar-refractivity contribution in [1.82, 2.24) is 20.0 Å². The molecule has 1 saturated heterocycles. The predicted octanol–water partition coefficient (Wildman–Crippen LogP) is 2.48. The van der Waals surface area contributed by atoms with Crippen LogP contribution in [0.3, 0.4) is 0 Å². The summed E-state index contributed by atoms with van der Waals surface area (Å²) in [7, 11) is 0. The number of hydrogen-bond acceptors (Lipinski definition) is 9. The standard InChI is InChI=1S/C17H16Cl2N4O4S2/c18-8-3-9(19)5-10(4-8)29-17-15(26)13(14(25)12(7-24)27-17)23-6-11(21-22-23)16-20-1-2-28-16/h1-6,12-15,17,24-26H,7H2/t12?,13?,14?,15-,17?/m0/s1. The Morgan fingerprint density at radius 1 is 1.17 bits per heavy atom. The molecule has 0 spiro atoms. The van der Waals surface area contributed by atoms with E-state index in [9.17, 15) is 15.3 Å². The number of ether oxygens (including phenoxy) is 1. The van der Waals surface area contributed by atoms with Crippen LogP contribution in [0, 0.1) is 0 Å². The number of aliphatic hydroxyl groups excluding tert-OH is 3. The second-order valence-electron chi connectivity index (χ2n) is 6.34. The quantitative estimate of drug-likeness (QED) is 0.516. The number of rotatable bonds is 5. The summed E-state index contributed by atoms with van der Waals surface area (Å²) in [6.45, 7) is -0.425. The summed E-state index contributed by atoms with van der Waals surface area (Å²) < 4.78 is 7.11. The lowest BCUT2D eigenvalue weighted by atomic mass is 9.97. The van der Waals surface area contributed by atoms with Crippen molar-refractivity contribution in [3.05, 3.63) is 46.0 Å². The van der Waals surface area contributed by atoms with Crippen LogP contribution in [0.1, 0.15) is 6.04 Å². The Bertz CT molecular complexity index is 954. The minimum absolute atomic E-state index is 0.425. The van der Waals surface area contributed by atoms with Crippen LogP contribution in [0.5, 0.6) is 0 Å². The first kappa shape index (κ1) is 21.0. The molecule has 4 unspecified atom stereocenters. The third-order valence-corrected chi connectivity index (χ3v) is 6.77. The van der Waals surface area contributed by atoms with E-state index in [1.165, 1.54) is 27.8 Å². The molecule has 8 nitrogen and oxygen atoms in total. The van der Waals surface area contributed by atoms with Crippen LogP contribution in [0.4, 0.5) is 0 Å². The number of nitrogens with zero attached hydrogens (tertiary/aromatic N) is 4. The fraction of sp³-hybridized carbons (Fsp3) is 0.353. The van der Waals surface area contributed by atoms with Crippen molar-refractivity contribution in [2.75, 3.05) is 6.61 Å². The molecule has 1 aliphatic heterocycles. The first-order chi connectivity index (χ1) is 14.0. The van der Waals surface area contributed by atoms with Gasteiger partial charge in [0.25, 0.3) is 0 Å². The molecule has 154 valence electrons. The topological polar surface area (TPSA) is 114 Å². The van der Waals surface area contributed by atoms with E-state index >= 15 is 0 Å². The lowest BCUT2D eigenvalue weighted by Crippen LogP contribution is -2.55. The first-order valence-corrected chi connectivity index (χ1v) is 11.0. The second kappa shape index (κ2) is 8.86. The van der Waals surface area contributed by atoms with E-state index in [0.717, 1.165) is 0 Å². The Hall–Kier alpha value is -1.24. The van der Waals surface area contributed by atoms with Gasteiger partial charge in [-0.25, -0.2) is 9.67 Å². The molecule has 5 atom stereocenters. The Labute approximate surface area is 184 Å². The third-order valence-electron chi connectivity index (χ3n) is 4.40. The molecule has 3 heterocycles. The molecule has 0 aliphatic carbocycles. The van der Waals surface area contributed by atoms with Gasteiger partial charge in [-0.3, -0.25) is 0 Å². The summed E-state index contributed by atoms with van der Waals surface area (Å²) in [5.74, 6) is 0. The number of thiazole rings is 1. The van der Waals surface area contributed by atoms with Gasteiger partial charge in [0.1, 0.15) is 40.5 Å². The van der Waals surface area contributed by atoms with Crippen molar-refractivity contribution in [2.24, 2.45) is 0 Å². The van der Waals surface area contributed by atoms with Crippen molar-refractivity contribution in [3.63, 3.8) is 0 Å². The number of aliphatic hydroxyl groups is 3. The smallest absolute Gasteiger partial charge is 0.145 e. The summed E-state index contributed by atoms with van der Waals surface area (Å²) in [6.07, 6.45) is 0.000195. The molecule has 29 heavy (non-hydrogen) atoms. The molecule has 0 radical (unpaired) electrons. The molecular weight excluding hydrogens is 459 g/mol. The van der Waals surface area contributed by atoms with E-state index in [4.69, 9.17) is 27.9 Å². The van der Waals surface area contributed by atoms with Crippen molar-refractivity contribution in [2.45, 2.75) is 34.7 Å². The van der Waals surface area contributed by atoms with Crippen molar-refractivity contribution >= 4 is 46.3 Å². The van der Waals surface area contributed by atoms with E-state index in [2.05, 4.69) is 15.3 Å². The highest BCUT2D eigenvalue weighted by Gasteiger charge is 2.46. The van der Waals surface area contributed by atoms with Crippen molar-refractivity contribution in [1.29, 1.82) is 0 Å². The molecule has 1 fully saturated rings. The maximum atomic E-state index is 11.0. The molecule has 3 aromatic rings. The summed E-state index contributed by atoms with van der Waals surface area (Å²) in [5, 5.41) is 42.8. The van der Waals surface area contributed by atoms with Gasteiger partial charge in [0.2, 0.25) is 0 Å². The number of halogens is 2. The molecule has 4 rings (SSSR count). The summed E-state index contributed by atoms with van der Waals surface area (Å²) in [4.78, 5) is 4.87. The van der Waals surface area contributed by atoms with Gasteiger partial charge in [0, 0.05) is 26.5 Å². The number of thioether (sulfide) groups is 1. The van der Waals surface area contributed by atoms with Gasteiger partial charge >= 0.3 is 0 Å². The highest BCUT2D eigenvalue weighted by Crippen LogP contribution is 2.39. The zero-order valence-electron chi connectivity index (χ0n) is 14.7. The predicted molar refractivity (Wildman–Crippen MR) is 110 cm³/mol. The lowest BCUT2D eigenvalue weighted by Gasteiger charge is -2.41. The van der Waals surface area contributed by atoms with Crippen LogP contribution in [0.15, 0.2) is 40.9 Å². The number of benzene rings is 1. The minimum atomic E-state index is -1.19. The maximum absolute atomic E-state index is 11.0. The van der Waals surface area contributed by atoms with Crippen LogP contribution in [0.25, 0.3) is 10.7 Å². The molecular formula is C17H16Cl2N4O4S2. The lowest BCUT2D eigenvalue weighted by molar-refractivity contribution is -0.178. The molecule has 1 aliphatic rings.